The van der Waals surface area contributed by atoms with E-state index in [9.17, 15) is 9.59 Å². The fourth-order valence-electron chi connectivity index (χ4n) is 0.253. The van der Waals surface area contributed by atoms with Gasteiger partial charge in [0.15, 0.2) is 6.10 Å². The zero-order valence-electron chi connectivity index (χ0n) is 4.82. The molecule has 3 N–H and O–H groups in total. The van der Waals surface area contributed by atoms with Crippen molar-refractivity contribution in [2.24, 2.45) is 0 Å². The van der Waals surface area contributed by atoms with Gasteiger partial charge >= 0.3 is 11.9 Å². The van der Waals surface area contributed by atoms with E-state index >= 15 is 0 Å². The Morgan fingerprint density at radius 2 is 1.70 bits per heavy atom. The number of carboxylic acids is 2. The van der Waals surface area contributed by atoms with E-state index in [1.807, 2.05) is 0 Å². The van der Waals surface area contributed by atoms with Crippen molar-refractivity contribution in [3.8, 4) is 0 Å². The molecule has 1 atom stereocenters. The summed E-state index contributed by atoms with van der Waals surface area (Å²) in [6.45, 7) is 0. The summed E-state index contributed by atoms with van der Waals surface area (Å²) < 4.78 is 0. The SMILES string of the molecule is O=C(O)CC(O)C(=O)O.[Mn]. The van der Waals surface area contributed by atoms with E-state index < -0.39 is 24.5 Å². The number of aliphatic carboxylic acids is 2. The number of carbonyl (C=O) groups is 2. The molecule has 1 radical (unpaired) electrons. The molecule has 0 saturated carbocycles. The third-order valence-corrected chi connectivity index (χ3v) is 0.653. The first-order chi connectivity index (χ1) is 4.04. The molecule has 59 valence electrons. The predicted molar refractivity (Wildman–Crippen MR) is 25.9 cm³/mol. The Bertz CT molecular complexity index is 134. The quantitative estimate of drug-likeness (QED) is 0.490. The van der Waals surface area contributed by atoms with Crippen LogP contribution in [0.2, 0.25) is 0 Å². The Hall–Kier alpha value is -0.581. The van der Waals surface area contributed by atoms with Gasteiger partial charge in [0.2, 0.25) is 0 Å². The van der Waals surface area contributed by atoms with Gasteiger partial charge in [0.05, 0.1) is 6.42 Å². The topological polar surface area (TPSA) is 94.8 Å². The molecule has 0 aliphatic rings. The normalized spacial score (nSPS) is 11.3. The maximum absolute atomic E-state index is 9.72. The van der Waals surface area contributed by atoms with Crippen LogP contribution in [-0.4, -0.2) is 33.4 Å². The molecule has 0 bridgehead atoms. The van der Waals surface area contributed by atoms with Gasteiger partial charge in [-0.25, -0.2) is 4.79 Å². The molecule has 1 unspecified atom stereocenters. The standard InChI is InChI=1S/C4H6O5.Mn/c5-2(4(8)9)1-3(6)7;/h2,5H,1H2,(H,6,7)(H,8,9);. The Labute approximate surface area is 67.1 Å². The number of rotatable bonds is 3. The first-order valence-corrected chi connectivity index (χ1v) is 2.16. The van der Waals surface area contributed by atoms with Gasteiger partial charge in [-0.3, -0.25) is 4.79 Å². The zero-order valence-corrected chi connectivity index (χ0v) is 6.00. The van der Waals surface area contributed by atoms with Crippen LogP contribution in [0.4, 0.5) is 0 Å². The molecule has 0 heterocycles. The maximum Gasteiger partial charge on any atom is 0.333 e. The first kappa shape index (κ1) is 12.1. The summed E-state index contributed by atoms with van der Waals surface area (Å²) in [6.07, 6.45) is -2.54. The second-order valence-corrected chi connectivity index (χ2v) is 1.45. The molecule has 10 heavy (non-hydrogen) atoms. The van der Waals surface area contributed by atoms with E-state index in [0.717, 1.165) is 0 Å². The van der Waals surface area contributed by atoms with Crippen LogP contribution < -0.4 is 0 Å². The van der Waals surface area contributed by atoms with Crippen molar-refractivity contribution in [1.29, 1.82) is 0 Å². The van der Waals surface area contributed by atoms with Crippen molar-refractivity contribution in [2.45, 2.75) is 12.5 Å². The summed E-state index contributed by atoms with van der Waals surface area (Å²) in [4.78, 5) is 19.4. The van der Waals surface area contributed by atoms with Crippen molar-refractivity contribution in [3.05, 3.63) is 0 Å². The second kappa shape index (κ2) is 5.22. The summed E-state index contributed by atoms with van der Waals surface area (Å²) in [7, 11) is 0. The van der Waals surface area contributed by atoms with Gasteiger partial charge in [-0.2, -0.15) is 0 Å². The van der Waals surface area contributed by atoms with Crippen molar-refractivity contribution in [2.75, 3.05) is 0 Å². The Morgan fingerprint density at radius 3 is 1.80 bits per heavy atom. The van der Waals surface area contributed by atoms with E-state index in [1.165, 1.54) is 0 Å². The van der Waals surface area contributed by atoms with Gasteiger partial charge < -0.3 is 15.3 Å². The van der Waals surface area contributed by atoms with Crippen LogP contribution in [-0.2, 0) is 26.7 Å². The summed E-state index contributed by atoms with van der Waals surface area (Å²) in [6, 6.07) is 0. The fraction of sp³-hybridized carbons (Fsp3) is 0.500. The van der Waals surface area contributed by atoms with Crippen molar-refractivity contribution in [3.63, 3.8) is 0 Å². The Morgan fingerprint density at radius 1 is 1.30 bits per heavy atom. The largest absolute Gasteiger partial charge is 0.481 e. The smallest absolute Gasteiger partial charge is 0.333 e. The number of hydrogen-bond acceptors (Lipinski definition) is 3. The van der Waals surface area contributed by atoms with Gasteiger partial charge in [-0.05, 0) is 0 Å². The molecular weight excluding hydrogens is 183 g/mol. The summed E-state index contributed by atoms with van der Waals surface area (Å²) >= 11 is 0. The molecule has 0 aliphatic carbocycles. The average molecular weight is 189 g/mol. The molecule has 0 saturated heterocycles. The molecule has 0 aromatic carbocycles. The van der Waals surface area contributed by atoms with Crippen LogP contribution in [0.5, 0.6) is 0 Å². The van der Waals surface area contributed by atoms with Crippen LogP contribution in [0.1, 0.15) is 6.42 Å². The monoisotopic (exact) mass is 189 g/mol. The third kappa shape index (κ3) is 5.55. The fourth-order valence-corrected chi connectivity index (χ4v) is 0.253. The number of carboxylic acid groups (broad SMARTS) is 2. The van der Waals surface area contributed by atoms with Crippen LogP contribution in [0.3, 0.4) is 0 Å². The summed E-state index contributed by atoms with van der Waals surface area (Å²) in [5.41, 5.74) is 0. The molecule has 0 aliphatic heterocycles. The summed E-state index contributed by atoms with van der Waals surface area (Å²) in [5.74, 6) is -2.85. The van der Waals surface area contributed by atoms with Crippen LogP contribution in [0, 0.1) is 0 Å². The van der Waals surface area contributed by atoms with E-state index in [1.54, 1.807) is 0 Å². The van der Waals surface area contributed by atoms with Crippen LogP contribution in [0.25, 0.3) is 0 Å². The molecule has 6 heteroatoms. The minimum Gasteiger partial charge on any atom is -0.481 e. The van der Waals surface area contributed by atoms with Crippen molar-refractivity contribution < 1.29 is 42.0 Å². The zero-order chi connectivity index (χ0) is 7.44. The maximum atomic E-state index is 9.72. The van der Waals surface area contributed by atoms with E-state index in [0.29, 0.717) is 0 Å². The van der Waals surface area contributed by atoms with Gasteiger partial charge in [0, 0.05) is 17.1 Å². The molecule has 0 rings (SSSR count). The molecule has 0 amide bonds. The number of hydrogen-bond donors (Lipinski definition) is 3. The van der Waals surface area contributed by atoms with Gasteiger partial charge in [-0.15, -0.1) is 0 Å². The average Bonchev–Trinajstić information content (AvgIpc) is 1.63. The molecular formula is C4H6MnO5. The van der Waals surface area contributed by atoms with E-state index in [-0.39, 0.29) is 17.1 Å². The van der Waals surface area contributed by atoms with Crippen molar-refractivity contribution in [1.82, 2.24) is 0 Å². The number of aliphatic hydroxyl groups is 1. The molecule has 0 spiro atoms. The van der Waals surface area contributed by atoms with E-state index in [4.69, 9.17) is 15.3 Å². The van der Waals surface area contributed by atoms with Gasteiger partial charge in [0.1, 0.15) is 0 Å². The molecule has 0 fully saturated rings. The second-order valence-electron chi connectivity index (χ2n) is 1.45. The minimum absolute atomic E-state index is 0. The molecule has 5 nitrogen and oxygen atoms in total. The Balaban J connectivity index is 0. The summed E-state index contributed by atoms with van der Waals surface area (Å²) in [5, 5.41) is 24.1. The molecule has 0 aromatic rings. The van der Waals surface area contributed by atoms with Gasteiger partial charge in [0.25, 0.3) is 0 Å². The van der Waals surface area contributed by atoms with Crippen molar-refractivity contribution >= 4 is 11.9 Å². The van der Waals surface area contributed by atoms with Crippen LogP contribution >= 0.6 is 0 Å². The molecule has 0 aromatic heterocycles. The number of aliphatic hydroxyl groups excluding tert-OH is 1. The minimum atomic E-state index is -1.79. The Kier molecular flexibility index (Phi) is 6.34. The van der Waals surface area contributed by atoms with E-state index in [2.05, 4.69) is 0 Å². The first-order valence-electron chi connectivity index (χ1n) is 2.16. The van der Waals surface area contributed by atoms with Crippen LogP contribution in [0.15, 0.2) is 0 Å². The predicted octanol–water partition coefficient (Wildman–Crippen LogP) is -1.10. The third-order valence-electron chi connectivity index (χ3n) is 0.653. The van der Waals surface area contributed by atoms with Gasteiger partial charge in [-0.1, -0.05) is 0 Å².